The number of fused-ring (bicyclic) bond motifs is 1. The van der Waals surface area contributed by atoms with E-state index in [-0.39, 0.29) is 0 Å². The Morgan fingerprint density at radius 2 is 2.20 bits per heavy atom. The first-order valence-electron chi connectivity index (χ1n) is 6.95. The zero-order valence-electron chi connectivity index (χ0n) is 12.0. The van der Waals surface area contributed by atoms with Crippen molar-refractivity contribution in [1.82, 2.24) is 4.98 Å². The molecule has 0 fully saturated rings. The molecule has 1 aliphatic heterocycles. The SMILES string of the molecule is CN(C)c1ccncc1NCc1cccc2c1NCC2. The molecule has 3 rings (SSSR count). The predicted octanol–water partition coefficient (Wildman–Crippen LogP) is 2.73. The summed E-state index contributed by atoms with van der Waals surface area (Å²) in [4.78, 5) is 6.30. The highest BCUT2D eigenvalue weighted by atomic mass is 15.1. The largest absolute Gasteiger partial charge is 0.384 e. The summed E-state index contributed by atoms with van der Waals surface area (Å²) >= 11 is 0. The van der Waals surface area contributed by atoms with E-state index in [0.717, 1.165) is 30.9 Å². The van der Waals surface area contributed by atoms with Crippen LogP contribution >= 0.6 is 0 Å². The minimum atomic E-state index is 0.808. The molecular weight excluding hydrogens is 248 g/mol. The smallest absolute Gasteiger partial charge is 0.0766 e. The van der Waals surface area contributed by atoms with Crippen LogP contribution in [0.2, 0.25) is 0 Å². The summed E-state index contributed by atoms with van der Waals surface area (Å²) < 4.78 is 0. The van der Waals surface area contributed by atoms with Crippen molar-refractivity contribution < 1.29 is 0 Å². The first-order chi connectivity index (χ1) is 9.75. The van der Waals surface area contributed by atoms with Gasteiger partial charge in [-0.15, -0.1) is 0 Å². The van der Waals surface area contributed by atoms with Crippen molar-refractivity contribution in [3.8, 4) is 0 Å². The summed E-state index contributed by atoms with van der Waals surface area (Å²) in [5.41, 5.74) is 6.25. The Balaban J connectivity index is 1.79. The summed E-state index contributed by atoms with van der Waals surface area (Å²) in [6.07, 6.45) is 4.83. The minimum Gasteiger partial charge on any atom is -0.384 e. The summed E-state index contributed by atoms with van der Waals surface area (Å²) in [7, 11) is 4.09. The second-order valence-electron chi connectivity index (χ2n) is 5.27. The van der Waals surface area contributed by atoms with Gasteiger partial charge in [-0.3, -0.25) is 4.98 Å². The minimum absolute atomic E-state index is 0.808. The fourth-order valence-electron chi connectivity index (χ4n) is 2.66. The van der Waals surface area contributed by atoms with Crippen molar-refractivity contribution in [2.75, 3.05) is 36.2 Å². The number of pyridine rings is 1. The quantitative estimate of drug-likeness (QED) is 0.894. The van der Waals surface area contributed by atoms with Crippen molar-refractivity contribution in [2.45, 2.75) is 13.0 Å². The van der Waals surface area contributed by atoms with E-state index in [4.69, 9.17) is 0 Å². The number of hydrogen-bond donors (Lipinski definition) is 2. The summed E-state index contributed by atoms with van der Waals surface area (Å²) in [5.74, 6) is 0. The number of hydrogen-bond acceptors (Lipinski definition) is 4. The third-order valence-electron chi connectivity index (χ3n) is 3.68. The lowest BCUT2D eigenvalue weighted by atomic mass is 10.1. The van der Waals surface area contributed by atoms with Gasteiger partial charge in [0.25, 0.3) is 0 Å². The fourth-order valence-corrected chi connectivity index (χ4v) is 2.66. The monoisotopic (exact) mass is 268 g/mol. The number of nitrogens with one attached hydrogen (secondary N) is 2. The van der Waals surface area contributed by atoms with Crippen LogP contribution in [0.5, 0.6) is 0 Å². The first kappa shape index (κ1) is 12.8. The number of rotatable bonds is 4. The van der Waals surface area contributed by atoms with E-state index in [0.29, 0.717) is 0 Å². The Morgan fingerprint density at radius 1 is 1.30 bits per heavy atom. The number of para-hydroxylation sites is 1. The molecule has 0 aliphatic carbocycles. The van der Waals surface area contributed by atoms with Crippen LogP contribution in [0.25, 0.3) is 0 Å². The molecule has 0 saturated carbocycles. The van der Waals surface area contributed by atoms with E-state index in [2.05, 4.69) is 38.7 Å². The molecule has 4 nitrogen and oxygen atoms in total. The standard InChI is InChI=1S/C16H20N4/c1-20(2)15-7-8-17-11-14(15)19-10-13-5-3-4-12-6-9-18-16(12)13/h3-5,7-8,11,18-19H,6,9-10H2,1-2H3. The zero-order chi connectivity index (χ0) is 13.9. The van der Waals surface area contributed by atoms with Crippen LogP contribution < -0.4 is 15.5 Å². The summed E-state index contributed by atoms with van der Waals surface area (Å²) in [6.45, 7) is 1.85. The van der Waals surface area contributed by atoms with Gasteiger partial charge in [0.05, 0.1) is 17.6 Å². The molecule has 0 radical (unpaired) electrons. The number of benzene rings is 1. The van der Waals surface area contributed by atoms with Gasteiger partial charge >= 0.3 is 0 Å². The van der Waals surface area contributed by atoms with Crippen LogP contribution in [0.1, 0.15) is 11.1 Å². The maximum atomic E-state index is 4.21. The van der Waals surface area contributed by atoms with Gasteiger partial charge in [-0.05, 0) is 23.6 Å². The lowest BCUT2D eigenvalue weighted by Gasteiger charge is -2.18. The topological polar surface area (TPSA) is 40.2 Å². The summed E-state index contributed by atoms with van der Waals surface area (Å²) in [5, 5.41) is 6.97. The van der Waals surface area contributed by atoms with Gasteiger partial charge in [0.15, 0.2) is 0 Å². The van der Waals surface area contributed by atoms with Gasteiger partial charge in [-0.25, -0.2) is 0 Å². The Kier molecular flexibility index (Phi) is 3.46. The zero-order valence-corrected chi connectivity index (χ0v) is 12.0. The van der Waals surface area contributed by atoms with E-state index < -0.39 is 0 Å². The highest BCUT2D eigenvalue weighted by Crippen LogP contribution is 2.28. The van der Waals surface area contributed by atoms with Crippen LogP contribution in [0, 0.1) is 0 Å². The normalized spacial score (nSPS) is 12.7. The van der Waals surface area contributed by atoms with Crippen molar-refractivity contribution >= 4 is 17.1 Å². The van der Waals surface area contributed by atoms with Gasteiger partial charge in [0, 0.05) is 39.1 Å². The molecule has 0 spiro atoms. The van der Waals surface area contributed by atoms with Crippen molar-refractivity contribution in [3.05, 3.63) is 47.8 Å². The molecule has 0 amide bonds. The van der Waals surface area contributed by atoms with E-state index in [9.17, 15) is 0 Å². The predicted molar refractivity (Wildman–Crippen MR) is 84.5 cm³/mol. The van der Waals surface area contributed by atoms with Gasteiger partial charge in [0.2, 0.25) is 0 Å². The molecule has 0 saturated heterocycles. The van der Waals surface area contributed by atoms with Crippen molar-refractivity contribution in [2.24, 2.45) is 0 Å². The van der Waals surface area contributed by atoms with Gasteiger partial charge < -0.3 is 15.5 Å². The molecule has 1 aromatic heterocycles. The average Bonchev–Trinajstić information content (AvgIpc) is 2.94. The summed E-state index contributed by atoms with van der Waals surface area (Å²) in [6, 6.07) is 8.54. The molecule has 4 heteroatoms. The van der Waals surface area contributed by atoms with Crippen LogP contribution in [0.15, 0.2) is 36.7 Å². The first-order valence-corrected chi connectivity index (χ1v) is 6.95. The van der Waals surface area contributed by atoms with Crippen molar-refractivity contribution in [1.29, 1.82) is 0 Å². The number of nitrogens with zero attached hydrogens (tertiary/aromatic N) is 2. The maximum Gasteiger partial charge on any atom is 0.0766 e. The van der Waals surface area contributed by atoms with E-state index >= 15 is 0 Å². The number of anilines is 3. The van der Waals surface area contributed by atoms with E-state index in [1.165, 1.54) is 16.8 Å². The molecule has 1 aliphatic rings. The molecule has 20 heavy (non-hydrogen) atoms. The molecule has 2 N–H and O–H groups in total. The third-order valence-corrected chi connectivity index (χ3v) is 3.68. The van der Waals surface area contributed by atoms with Gasteiger partial charge in [0.1, 0.15) is 0 Å². The van der Waals surface area contributed by atoms with E-state index in [1.54, 1.807) is 0 Å². The highest BCUT2D eigenvalue weighted by molar-refractivity contribution is 5.69. The van der Waals surface area contributed by atoms with Crippen LogP contribution in [0.4, 0.5) is 17.1 Å². The van der Waals surface area contributed by atoms with Crippen molar-refractivity contribution in [3.63, 3.8) is 0 Å². The molecule has 0 atom stereocenters. The second kappa shape index (κ2) is 5.41. The van der Waals surface area contributed by atoms with Gasteiger partial charge in [-0.2, -0.15) is 0 Å². The lowest BCUT2D eigenvalue weighted by molar-refractivity contribution is 1.09. The highest BCUT2D eigenvalue weighted by Gasteiger charge is 2.13. The fraction of sp³-hybridized carbons (Fsp3) is 0.312. The lowest BCUT2D eigenvalue weighted by Crippen LogP contribution is -2.12. The Labute approximate surface area is 119 Å². The maximum absolute atomic E-state index is 4.21. The van der Waals surface area contributed by atoms with Crippen LogP contribution in [-0.2, 0) is 13.0 Å². The second-order valence-corrected chi connectivity index (χ2v) is 5.27. The Hall–Kier alpha value is -2.23. The van der Waals surface area contributed by atoms with E-state index in [1.807, 2.05) is 32.6 Å². The molecule has 2 heterocycles. The Bertz CT molecular complexity index is 607. The Morgan fingerprint density at radius 3 is 3.05 bits per heavy atom. The molecule has 1 aromatic carbocycles. The molecule has 0 unspecified atom stereocenters. The average molecular weight is 268 g/mol. The van der Waals surface area contributed by atoms with Crippen LogP contribution in [-0.4, -0.2) is 25.6 Å². The third kappa shape index (κ3) is 2.41. The van der Waals surface area contributed by atoms with Crippen LogP contribution in [0.3, 0.4) is 0 Å². The number of aromatic nitrogens is 1. The van der Waals surface area contributed by atoms with Gasteiger partial charge in [-0.1, -0.05) is 18.2 Å². The molecule has 2 aromatic rings. The molecule has 104 valence electrons. The molecular formula is C16H20N4. The molecule has 0 bridgehead atoms.